The van der Waals surface area contributed by atoms with Gasteiger partial charge in [-0.15, -0.1) is 11.3 Å². The molecule has 1 heterocycles. The summed E-state index contributed by atoms with van der Waals surface area (Å²) in [6, 6.07) is 90.1. The van der Waals surface area contributed by atoms with E-state index in [1.807, 2.05) is 11.3 Å². The molecule has 12 aromatic rings. The monoisotopic (exact) mass is 846 g/mol. The van der Waals surface area contributed by atoms with Crippen molar-refractivity contribution in [3.63, 3.8) is 0 Å². The van der Waals surface area contributed by atoms with Crippen LogP contribution in [-0.2, 0) is 0 Å². The third-order valence-corrected chi connectivity index (χ3v) is 13.9. The van der Waals surface area contributed by atoms with E-state index in [4.69, 9.17) is 0 Å². The lowest BCUT2D eigenvalue weighted by Crippen LogP contribution is -2.10. The number of nitrogens with one attached hydrogen (secondary N) is 1. The molecule has 1 aromatic heterocycles. The Hall–Kier alpha value is -8.24. The number of benzene rings is 11. The van der Waals surface area contributed by atoms with Gasteiger partial charge in [-0.3, -0.25) is 0 Å². The lowest BCUT2D eigenvalue weighted by Gasteiger charge is -2.26. The fraction of sp³-hybridized carbons (Fsp3) is 0. The van der Waals surface area contributed by atoms with Crippen LogP contribution in [0.1, 0.15) is 0 Å². The van der Waals surface area contributed by atoms with Crippen molar-refractivity contribution in [3.8, 4) is 44.5 Å². The maximum absolute atomic E-state index is 3.72. The number of hydrogen-bond donors (Lipinski definition) is 1. The zero-order valence-corrected chi connectivity index (χ0v) is 36.3. The van der Waals surface area contributed by atoms with E-state index in [1.165, 1.54) is 75.1 Å². The van der Waals surface area contributed by atoms with Crippen LogP contribution in [0.3, 0.4) is 0 Å². The minimum Gasteiger partial charge on any atom is -0.355 e. The van der Waals surface area contributed by atoms with E-state index in [9.17, 15) is 0 Å². The molecule has 0 saturated carbocycles. The average Bonchev–Trinajstić information content (AvgIpc) is 3.77. The van der Waals surface area contributed by atoms with Crippen LogP contribution in [0.15, 0.2) is 249 Å². The molecule has 0 amide bonds. The zero-order chi connectivity index (χ0) is 43.1. The third-order valence-electron chi connectivity index (χ3n) is 12.6. The molecule has 11 aromatic carbocycles. The van der Waals surface area contributed by atoms with E-state index in [1.54, 1.807) is 0 Å². The molecule has 1 N–H and O–H groups in total. The van der Waals surface area contributed by atoms with Crippen LogP contribution in [0.2, 0.25) is 0 Å². The minimum atomic E-state index is 1.04. The van der Waals surface area contributed by atoms with Crippen LogP contribution in [0.5, 0.6) is 0 Å². The Kier molecular flexibility index (Phi) is 9.74. The van der Waals surface area contributed by atoms with E-state index in [0.29, 0.717) is 0 Å². The number of thiophene rings is 1. The molecular formula is C62H42N2S. The van der Waals surface area contributed by atoms with Crippen molar-refractivity contribution in [1.29, 1.82) is 0 Å². The Morgan fingerprint density at radius 1 is 0.292 bits per heavy atom. The average molecular weight is 847 g/mol. The van der Waals surface area contributed by atoms with Crippen LogP contribution in [0.25, 0.3) is 86.2 Å². The van der Waals surface area contributed by atoms with Crippen molar-refractivity contribution < 1.29 is 0 Å². The lowest BCUT2D eigenvalue weighted by molar-refractivity contribution is 1.28. The van der Waals surface area contributed by atoms with Gasteiger partial charge in [-0.05, 0) is 115 Å². The Morgan fingerprint density at radius 3 is 1.68 bits per heavy atom. The van der Waals surface area contributed by atoms with Gasteiger partial charge in [0.05, 0.1) is 0 Å². The molecule has 0 radical (unpaired) electrons. The summed E-state index contributed by atoms with van der Waals surface area (Å²) in [5, 5.41) is 11.4. The molecule has 0 spiro atoms. The van der Waals surface area contributed by atoms with Crippen LogP contribution >= 0.6 is 11.3 Å². The Balaban J connectivity index is 0.919. The maximum Gasteiger partial charge on any atom is 0.0467 e. The standard InChI is InChI=1S/C62H42N2S/c1-2-14-44(15-3-1)55-24-8-9-29-60(55)63-49-21-10-19-47(40-49)42-30-35-50(36-31-42)64(52-22-11-20-48(41-52)54-26-12-18-43-16-4-6-23-53(43)54)51-37-32-46(33-38-51)57-27-13-28-58-59-39-34-45-17-5-7-25-56(45)62(59)65-61(57)58/h1-41,63H. The highest BCUT2D eigenvalue weighted by atomic mass is 32.1. The molecule has 0 saturated heterocycles. The molecule has 3 heteroatoms. The van der Waals surface area contributed by atoms with Gasteiger partial charge < -0.3 is 10.2 Å². The van der Waals surface area contributed by atoms with Crippen molar-refractivity contribution in [3.05, 3.63) is 249 Å². The fourth-order valence-electron chi connectivity index (χ4n) is 9.48. The second-order valence-corrected chi connectivity index (χ2v) is 17.6. The number of rotatable bonds is 9. The van der Waals surface area contributed by atoms with Gasteiger partial charge in [0.2, 0.25) is 0 Å². The molecule has 306 valence electrons. The Labute approximate surface area is 383 Å². The number of fused-ring (bicyclic) bond motifs is 6. The number of hydrogen-bond acceptors (Lipinski definition) is 3. The molecule has 0 unspecified atom stereocenters. The number of nitrogens with zero attached hydrogens (tertiary/aromatic N) is 1. The molecular weight excluding hydrogens is 805 g/mol. The molecule has 0 aliphatic carbocycles. The highest BCUT2D eigenvalue weighted by molar-refractivity contribution is 7.27. The summed E-state index contributed by atoms with van der Waals surface area (Å²) in [6.07, 6.45) is 0. The maximum atomic E-state index is 3.72. The molecule has 0 atom stereocenters. The third kappa shape index (κ3) is 7.19. The Bertz CT molecular complexity index is 3680. The van der Waals surface area contributed by atoms with E-state index in [-0.39, 0.29) is 0 Å². The summed E-state index contributed by atoms with van der Waals surface area (Å²) in [6.45, 7) is 0. The first kappa shape index (κ1) is 38.4. The summed E-state index contributed by atoms with van der Waals surface area (Å²) >= 11 is 1.90. The first-order valence-corrected chi connectivity index (χ1v) is 23.0. The van der Waals surface area contributed by atoms with Gasteiger partial charge >= 0.3 is 0 Å². The van der Waals surface area contributed by atoms with Crippen LogP contribution < -0.4 is 10.2 Å². The second kappa shape index (κ2) is 16.5. The molecule has 0 aliphatic heterocycles. The van der Waals surface area contributed by atoms with Gasteiger partial charge in [0, 0.05) is 54.2 Å². The molecule has 65 heavy (non-hydrogen) atoms. The van der Waals surface area contributed by atoms with Crippen molar-refractivity contribution in [2.24, 2.45) is 0 Å². The summed E-state index contributed by atoms with van der Waals surface area (Å²) in [5.74, 6) is 0. The Morgan fingerprint density at radius 2 is 0.846 bits per heavy atom. The zero-order valence-electron chi connectivity index (χ0n) is 35.5. The predicted molar refractivity (Wildman–Crippen MR) is 280 cm³/mol. The normalized spacial score (nSPS) is 11.4. The van der Waals surface area contributed by atoms with E-state index in [0.717, 1.165) is 39.6 Å². The summed E-state index contributed by atoms with van der Waals surface area (Å²) in [5.41, 5.74) is 14.9. The minimum absolute atomic E-state index is 1.04. The van der Waals surface area contributed by atoms with Crippen LogP contribution in [-0.4, -0.2) is 0 Å². The van der Waals surface area contributed by atoms with E-state index >= 15 is 0 Å². The van der Waals surface area contributed by atoms with Gasteiger partial charge in [-0.1, -0.05) is 194 Å². The predicted octanol–water partition coefficient (Wildman–Crippen LogP) is 18.2. The highest BCUT2D eigenvalue weighted by Gasteiger charge is 2.17. The smallest absolute Gasteiger partial charge is 0.0467 e. The van der Waals surface area contributed by atoms with Gasteiger partial charge in [-0.25, -0.2) is 0 Å². The summed E-state index contributed by atoms with van der Waals surface area (Å²) < 4.78 is 2.67. The van der Waals surface area contributed by atoms with Crippen molar-refractivity contribution in [2.75, 3.05) is 10.2 Å². The molecule has 0 aliphatic rings. The number of anilines is 5. The van der Waals surface area contributed by atoms with E-state index in [2.05, 4.69) is 259 Å². The van der Waals surface area contributed by atoms with Crippen molar-refractivity contribution >= 4 is 81.5 Å². The van der Waals surface area contributed by atoms with Crippen molar-refractivity contribution in [1.82, 2.24) is 0 Å². The lowest BCUT2D eigenvalue weighted by atomic mass is 9.97. The van der Waals surface area contributed by atoms with Crippen LogP contribution in [0.4, 0.5) is 28.4 Å². The first-order chi connectivity index (χ1) is 32.2. The van der Waals surface area contributed by atoms with Gasteiger partial charge in [-0.2, -0.15) is 0 Å². The molecule has 0 bridgehead atoms. The summed E-state index contributed by atoms with van der Waals surface area (Å²) in [4.78, 5) is 2.38. The fourth-order valence-corrected chi connectivity index (χ4v) is 10.8. The first-order valence-electron chi connectivity index (χ1n) is 22.2. The van der Waals surface area contributed by atoms with Crippen LogP contribution in [0, 0.1) is 0 Å². The van der Waals surface area contributed by atoms with E-state index < -0.39 is 0 Å². The van der Waals surface area contributed by atoms with Gasteiger partial charge in [0.1, 0.15) is 0 Å². The van der Waals surface area contributed by atoms with Gasteiger partial charge in [0.25, 0.3) is 0 Å². The SMILES string of the molecule is c1ccc(-c2ccccc2Nc2cccc(-c3ccc(N(c4ccc(-c5cccc6c5sc5c7ccccc7ccc65)cc4)c4cccc(-c5cccc6ccccc56)c4)cc3)c2)cc1. The largest absolute Gasteiger partial charge is 0.355 e. The highest BCUT2D eigenvalue weighted by Crippen LogP contribution is 2.44. The number of para-hydroxylation sites is 1. The van der Waals surface area contributed by atoms with Crippen molar-refractivity contribution in [2.45, 2.75) is 0 Å². The quantitative estimate of drug-likeness (QED) is 0.156. The molecule has 2 nitrogen and oxygen atoms in total. The molecule has 12 rings (SSSR count). The van der Waals surface area contributed by atoms with Gasteiger partial charge in [0.15, 0.2) is 0 Å². The molecule has 0 fully saturated rings. The topological polar surface area (TPSA) is 15.3 Å². The second-order valence-electron chi connectivity index (χ2n) is 16.6. The summed E-state index contributed by atoms with van der Waals surface area (Å²) in [7, 11) is 0.